The number of methoxy groups -OCH3 is 2. The third-order valence-electron chi connectivity index (χ3n) is 4.25. The van der Waals surface area contributed by atoms with E-state index in [1.54, 1.807) is 31.4 Å². The number of carbonyl (C=O) groups is 2. The standard InChI is InChI=1S/C20H19NO4/c1-24-14-8-9-15(20(23)25-2)17(12-14)21-16-10-11-18(22)19(16)13-6-4-3-5-7-13/h3-12,16,19,21H,1-2H3/t16-,19+/m1/s1. The number of rotatable bonds is 5. The molecular weight excluding hydrogens is 318 g/mol. The van der Waals surface area contributed by atoms with E-state index in [9.17, 15) is 9.59 Å². The molecule has 3 rings (SSSR count). The molecule has 2 aromatic carbocycles. The van der Waals surface area contributed by atoms with Crippen molar-refractivity contribution >= 4 is 17.4 Å². The summed E-state index contributed by atoms with van der Waals surface area (Å²) in [5, 5.41) is 3.29. The lowest BCUT2D eigenvalue weighted by atomic mass is 9.92. The Morgan fingerprint density at radius 2 is 1.84 bits per heavy atom. The van der Waals surface area contributed by atoms with Crippen LogP contribution in [-0.2, 0) is 9.53 Å². The van der Waals surface area contributed by atoms with E-state index in [0.717, 1.165) is 5.56 Å². The second-order valence-electron chi connectivity index (χ2n) is 5.72. The molecule has 25 heavy (non-hydrogen) atoms. The highest BCUT2D eigenvalue weighted by molar-refractivity contribution is 6.00. The number of benzene rings is 2. The van der Waals surface area contributed by atoms with E-state index >= 15 is 0 Å². The number of anilines is 1. The van der Waals surface area contributed by atoms with Crippen molar-refractivity contribution in [2.24, 2.45) is 0 Å². The van der Waals surface area contributed by atoms with Crippen molar-refractivity contribution < 1.29 is 19.1 Å². The van der Waals surface area contributed by atoms with E-state index in [-0.39, 0.29) is 17.7 Å². The predicted octanol–water partition coefficient (Wildman–Crippen LogP) is 3.19. The Kier molecular flexibility index (Phi) is 4.84. The van der Waals surface area contributed by atoms with Crippen molar-refractivity contribution in [2.75, 3.05) is 19.5 Å². The summed E-state index contributed by atoms with van der Waals surface area (Å²) in [6.45, 7) is 0. The summed E-state index contributed by atoms with van der Waals surface area (Å²) in [6, 6.07) is 14.4. The second-order valence-corrected chi connectivity index (χ2v) is 5.72. The smallest absolute Gasteiger partial charge is 0.339 e. The van der Waals surface area contributed by atoms with Gasteiger partial charge in [-0.05, 0) is 23.8 Å². The maximum atomic E-state index is 12.3. The molecule has 0 amide bonds. The van der Waals surface area contributed by atoms with Crippen molar-refractivity contribution in [3.63, 3.8) is 0 Å². The van der Waals surface area contributed by atoms with Crippen LogP contribution in [0.15, 0.2) is 60.7 Å². The molecule has 2 atom stereocenters. The molecule has 0 saturated carbocycles. The van der Waals surface area contributed by atoms with Crippen LogP contribution >= 0.6 is 0 Å². The molecule has 0 saturated heterocycles. The van der Waals surface area contributed by atoms with E-state index in [2.05, 4.69) is 5.32 Å². The minimum absolute atomic E-state index is 0.0335. The molecule has 1 aliphatic carbocycles. The molecule has 0 unspecified atom stereocenters. The zero-order valence-corrected chi connectivity index (χ0v) is 14.1. The first-order valence-corrected chi connectivity index (χ1v) is 7.94. The van der Waals surface area contributed by atoms with Crippen LogP contribution < -0.4 is 10.1 Å². The Morgan fingerprint density at radius 1 is 1.08 bits per heavy atom. The molecule has 0 spiro atoms. The predicted molar refractivity (Wildman–Crippen MR) is 95.1 cm³/mol. The van der Waals surface area contributed by atoms with Gasteiger partial charge >= 0.3 is 5.97 Å². The summed E-state index contributed by atoms with van der Waals surface area (Å²) in [5.74, 6) is -0.140. The third kappa shape index (κ3) is 3.40. The van der Waals surface area contributed by atoms with Gasteiger partial charge in [-0.1, -0.05) is 36.4 Å². The highest BCUT2D eigenvalue weighted by atomic mass is 16.5. The fourth-order valence-corrected chi connectivity index (χ4v) is 2.99. The number of carbonyl (C=O) groups excluding carboxylic acids is 2. The van der Waals surface area contributed by atoms with Gasteiger partial charge in [0.25, 0.3) is 0 Å². The minimum Gasteiger partial charge on any atom is -0.497 e. The molecular formula is C20H19NO4. The number of esters is 1. The van der Waals surface area contributed by atoms with E-state index in [1.165, 1.54) is 7.11 Å². The molecule has 5 nitrogen and oxygen atoms in total. The average Bonchev–Trinajstić information content (AvgIpc) is 3.01. The highest BCUT2D eigenvalue weighted by Crippen LogP contribution is 2.32. The van der Waals surface area contributed by atoms with Crippen LogP contribution in [0, 0.1) is 0 Å². The number of ether oxygens (including phenoxy) is 2. The number of hydrogen-bond donors (Lipinski definition) is 1. The molecule has 0 aromatic heterocycles. The lowest BCUT2D eigenvalue weighted by molar-refractivity contribution is -0.115. The van der Waals surface area contributed by atoms with Crippen molar-refractivity contribution in [1.82, 2.24) is 0 Å². The summed E-state index contributed by atoms with van der Waals surface area (Å²) in [4.78, 5) is 24.4. The Hall–Kier alpha value is -3.08. The largest absolute Gasteiger partial charge is 0.497 e. The van der Waals surface area contributed by atoms with Gasteiger partial charge in [-0.15, -0.1) is 0 Å². The van der Waals surface area contributed by atoms with Gasteiger partial charge in [0, 0.05) is 6.07 Å². The molecule has 0 radical (unpaired) electrons. The van der Waals surface area contributed by atoms with Crippen LogP contribution in [0.5, 0.6) is 5.75 Å². The average molecular weight is 337 g/mol. The molecule has 2 aromatic rings. The van der Waals surface area contributed by atoms with Crippen molar-refractivity contribution in [3.05, 3.63) is 71.8 Å². The molecule has 0 fully saturated rings. The number of hydrogen-bond acceptors (Lipinski definition) is 5. The number of ketones is 1. The van der Waals surface area contributed by atoms with E-state index in [1.807, 2.05) is 36.4 Å². The molecule has 0 heterocycles. The molecule has 5 heteroatoms. The Morgan fingerprint density at radius 3 is 2.52 bits per heavy atom. The molecule has 0 bridgehead atoms. The zero-order valence-electron chi connectivity index (χ0n) is 14.1. The molecule has 0 aliphatic heterocycles. The lowest BCUT2D eigenvalue weighted by Crippen LogP contribution is -2.27. The third-order valence-corrected chi connectivity index (χ3v) is 4.25. The SMILES string of the molecule is COC(=O)c1ccc(OC)cc1N[C@@H]1C=CC(=O)[C@H]1c1ccccc1. The molecule has 1 N–H and O–H groups in total. The molecule has 1 aliphatic rings. The van der Waals surface area contributed by atoms with Gasteiger partial charge in [0.05, 0.1) is 37.4 Å². The summed E-state index contributed by atoms with van der Waals surface area (Å²) in [5.41, 5.74) is 1.89. The van der Waals surface area contributed by atoms with E-state index in [4.69, 9.17) is 9.47 Å². The maximum absolute atomic E-state index is 12.3. The highest BCUT2D eigenvalue weighted by Gasteiger charge is 2.32. The van der Waals surface area contributed by atoms with Gasteiger partial charge in [0.1, 0.15) is 5.75 Å². The van der Waals surface area contributed by atoms with Crippen LogP contribution in [0.2, 0.25) is 0 Å². The first-order valence-electron chi connectivity index (χ1n) is 7.94. The summed E-state index contributed by atoms with van der Waals surface area (Å²) >= 11 is 0. The minimum atomic E-state index is -0.449. The molecule has 128 valence electrons. The van der Waals surface area contributed by atoms with Crippen LogP contribution in [0.3, 0.4) is 0 Å². The Balaban J connectivity index is 1.94. The number of allylic oxidation sites excluding steroid dienone is 1. The summed E-state index contributed by atoms with van der Waals surface area (Å²) in [7, 11) is 2.89. The number of nitrogens with one attached hydrogen (secondary N) is 1. The van der Waals surface area contributed by atoms with E-state index < -0.39 is 5.97 Å². The van der Waals surface area contributed by atoms with Gasteiger partial charge in [-0.25, -0.2) is 4.79 Å². The Bertz CT molecular complexity index is 814. The first-order chi connectivity index (χ1) is 12.1. The van der Waals surface area contributed by atoms with Gasteiger partial charge in [-0.3, -0.25) is 4.79 Å². The van der Waals surface area contributed by atoms with Crippen LogP contribution in [0.1, 0.15) is 21.8 Å². The quantitative estimate of drug-likeness (QED) is 0.849. The Labute approximate surface area is 146 Å². The van der Waals surface area contributed by atoms with Crippen molar-refractivity contribution in [2.45, 2.75) is 12.0 Å². The fraction of sp³-hybridized carbons (Fsp3) is 0.200. The normalized spacial score (nSPS) is 18.9. The van der Waals surface area contributed by atoms with Gasteiger partial charge in [0.2, 0.25) is 0 Å². The first kappa shape index (κ1) is 16.8. The topological polar surface area (TPSA) is 64.6 Å². The lowest BCUT2D eigenvalue weighted by Gasteiger charge is -2.22. The van der Waals surface area contributed by atoms with Crippen LogP contribution in [0.4, 0.5) is 5.69 Å². The van der Waals surface area contributed by atoms with Crippen molar-refractivity contribution in [1.29, 1.82) is 0 Å². The fourth-order valence-electron chi connectivity index (χ4n) is 2.99. The summed E-state index contributed by atoms with van der Waals surface area (Å²) in [6.07, 6.45) is 3.40. The second kappa shape index (κ2) is 7.21. The summed E-state index contributed by atoms with van der Waals surface area (Å²) < 4.78 is 10.1. The maximum Gasteiger partial charge on any atom is 0.339 e. The zero-order chi connectivity index (χ0) is 17.8. The van der Waals surface area contributed by atoms with Crippen molar-refractivity contribution in [3.8, 4) is 5.75 Å². The van der Waals surface area contributed by atoms with Gasteiger partial charge in [-0.2, -0.15) is 0 Å². The van der Waals surface area contributed by atoms with Crippen LogP contribution in [0.25, 0.3) is 0 Å². The van der Waals surface area contributed by atoms with Gasteiger partial charge in [0.15, 0.2) is 5.78 Å². The van der Waals surface area contributed by atoms with Crippen LogP contribution in [-0.4, -0.2) is 32.0 Å². The van der Waals surface area contributed by atoms with E-state index in [0.29, 0.717) is 17.0 Å². The van der Waals surface area contributed by atoms with Gasteiger partial charge < -0.3 is 14.8 Å². The monoisotopic (exact) mass is 337 g/mol.